The molecule has 0 N–H and O–H groups in total. The van der Waals surface area contributed by atoms with Gasteiger partial charge in [0, 0.05) is 32.4 Å². The molecule has 0 saturated carbocycles. The molecule has 0 spiro atoms. The number of amides is 1. The van der Waals surface area contributed by atoms with Crippen LogP contribution in [0.5, 0.6) is 0 Å². The highest BCUT2D eigenvalue weighted by Crippen LogP contribution is 2.10. The molecular formula is C15H19ClN4O2. The highest BCUT2D eigenvalue weighted by Gasteiger charge is 2.21. The molecule has 0 aromatic carbocycles. The Morgan fingerprint density at radius 3 is 2.91 bits per heavy atom. The standard InChI is InChI=1S/C15H19ClN4O2/c16-13-11-17-20(12-13)9-7-18-4-2-5-19(8-6-18)15(21)14-3-1-10-22-14/h1,3,10-12H,2,4-9H2. The van der Waals surface area contributed by atoms with Crippen molar-refractivity contribution in [2.75, 3.05) is 32.7 Å². The Morgan fingerprint density at radius 2 is 2.18 bits per heavy atom. The lowest BCUT2D eigenvalue weighted by atomic mass is 10.3. The number of halogens is 1. The zero-order valence-electron chi connectivity index (χ0n) is 12.3. The van der Waals surface area contributed by atoms with Crippen LogP contribution in [-0.4, -0.2) is 58.2 Å². The van der Waals surface area contributed by atoms with E-state index in [1.54, 1.807) is 18.3 Å². The Labute approximate surface area is 134 Å². The molecule has 0 atom stereocenters. The van der Waals surface area contributed by atoms with Crippen molar-refractivity contribution >= 4 is 17.5 Å². The normalized spacial score (nSPS) is 16.7. The van der Waals surface area contributed by atoms with E-state index in [1.807, 2.05) is 15.8 Å². The minimum atomic E-state index is -0.0225. The molecular weight excluding hydrogens is 304 g/mol. The molecule has 1 saturated heterocycles. The van der Waals surface area contributed by atoms with Crippen LogP contribution in [-0.2, 0) is 6.54 Å². The Hall–Kier alpha value is -1.79. The molecule has 1 aliphatic heterocycles. The molecule has 1 aliphatic rings. The lowest BCUT2D eigenvalue weighted by molar-refractivity contribution is 0.0729. The number of rotatable bonds is 4. The number of carbonyl (C=O) groups excluding carboxylic acids is 1. The maximum absolute atomic E-state index is 12.3. The van der Waals surface area contributed by atoms with Crippen LogP contribution in [0.4, 0.5) is 0 Å². The predicted molar refractivity (Wildman–Crippen MR) is 82.9 cm³/mol. The summed E-state index contributed by atoms with van der Waals surface area (Å²) >= 11 is 5.86. The molecule has 0 bridgehead atoms. The van der Waals surface area contributed by atoms with Crippen LogP contribution in [0.3, 0.4) is 0 Å². The second-order valence-electron chi connectivity index (χ2n) is 5.39. The van der Waals surface area contributed by atoms with Gasteiger partial charge >= 0.3 is 0 Å². The van der Waals surface area contributed by atoms with Gasteiger partial charge in [-0.05, 0) is 25.1 Å². The molecule has 0 radical (unpaired) electrons. The fourth-order valence-electron chi connectivity index (χ4n) is 2.66. The third-order valence-corrected chi connectivity index (χ3v) is 4.05. The highest BCUT2D eigenvalue weighted by molar-refractivity contribution is 6.30. The molecule has 0 aliphatic carbocycles. The van der Waals surface area contributed by atoms with Crippen LogP contribution < -0.4 is 0 Å². The van der Waals surface area contributed by atoms with Gasteiger partial charge in [-0.15, -0.1) is 0 Å². The maximum Gasteiger partial charge on any atom is 0.289 e. The number of hydrogen-bond donors (Lipinski definition) is 0. The van der Waals surface area contributed by atoms with Crippen LogP contribution in [0.1, 0.15) is 17.0 Å². The molecule has 1 fully saturated rings. The molecule has 118 valence electrons. The van der Waals surface area contributed by atoms with Crippen molar-refractivity contribution < 1.29 is 9.21 Å². The zero-order chi connectivity index (χ0) is 15.4. The Balaban J connectivity index is 1.50. The largest absolute Gasteiger partial charge is 0.459 e. The van der Waals surface area contributed by atoms with Crippen LogP contribution in [0, 0.1) is 0 Å². The third-order valence-electron chi connectivity index (χ3n) is 3.85. The van der Waals surface area contributed by atoms with E-state index in [-0.39, 0.29) is 5.91 Å². The first-order chi connectivity index (χ1) is 10.7. The first-order valence-electron chi connectivity index (χ1n) is 7.45. The number of furan rings is 1. The average molecular weight is 323 g/mol. The molecule has 2 aromatic heterocycles. The van der Waals surface area contributed by atoms with Gasteiger partial charge in [0.25, 0.3) is 5.91 Å². The first-order valence-corrected chi connectivity index (χ1v) is 7.83. The highest BCUT2D eigenvalue weighted by atomic mass is 35.5. The van der Waals surface area contributed by atoms with Crippen molar-refractivity contribution in [3.05, 3.63) is 41.6 Å². The van der Waals surface area contributed by atoms with Crippen LogP contribution in [0.15, 0.2) is 35.2 Å². The second kappa shape index (κ2) is 6.98. The van der Waals surface area contributed by atoms with Gasteiger partial charge in [-0.25, -0.2) is 0 Å². The summed E-state index contributed by atoms with van der Waals surface area (Å²) in [5.41, 5.74) is 0. The lowest BCUT2D eigenvalue weighted by Crippen LogP contribution is -2.35. The van der Waals surface area contributed by atoms with Crippen molar-refractivity contribution in [3.63, 3.8) is 0 Å². The van der Waals surface area contributed by atoms with Gasteiger partial charge in [0.1, 0.15) is 0 Å². The summed E-state index contributed by atoms with van der Waals surface area (Å²) < 4.78 is 7.04. The number of hydrogen-bond acceptors (Lipinski definition) is 4. The van der Waals surface area contributed by atoms with Gasteiger partial charge in [-0.3, -0.25) is 14.4 Å². The van der Waals surface area contributed by atoms with Gasteiger partial charge in [0.05, 0.1) is 24.0 Å². The summed E-state index contributed by atoms with van der Waals surface area (Å²) in [7, 11) is 0. The van der Waals surface area contributed by atoms with Crippen molar-refractivity contribution in [2.45, 2.75) is 13.0 Å². The fourth-order valence-corrected chi connectivity index (χ4v) is 2.81. The van der Waals surface area contributed by atoms with E-state index < -0.39 is 0 Å². The number of aromatic nitrogens is 2. The molecule has 1 amide bonds. The van der Waals surface area contributed by atoms with Crippen molar-refractivity contribution in [2.24, 2.45) is 0 Å². The van der Waals surface area contributed by atoms with Crippen LogP contribution >= 0.6 is 11.6 Å². The Bertz CT molecular complexity index is 611. The number of carbonyl (C=O) groups is 1. The minimum Gasteiger partial charge on any atom is -0.459 e. The second-order valence-corrected chi connectivity index (χ2v) is 5.82. The average Bonchev–Trinajstić information content (AvgIpc) is 3.12. The molecule has 6 nitrogen and oxygen atoms in total. The monoisotopic (exact) mass is 322 g/mol. The van der Waals surface area contributed by atoms with E-state index in [1.165, 1.54) is 6.26 Å². The van der Waals surface area contributed by atoms with Gasteiger partial charge in [0.15, 0.2) is 5.76 Å². The van der Waals surface area contributed by atoms with Crippen LogP contribution in [0.25, 0.3) is 0 Å². The molecule has 7 heteroatoms. The summed E-state index contributed by atoms with van der Waals surface area (Å²) in [5, 5.41) is 4.84. The molecule has 3 heterocycles. The summed E-state index contributed by atoms with van der Waals surface area (Å²) in [5.74, 6) is 0.394. The van der Waals surface area contributed by atoms with Crippen molar-refractivity contribution in [1.82, 2.24) is 19.6 Å². The Morgan fingerprint density at radius 1 is 1.27 bits per heavy atom. The molecule has 0 unspecified atom stereocenters. The van der Waals surface area contributed by atoms with E-state index in [0.717, 1.165) is 45.7 Å². The minimum absolute atomic E-state index is 0.0225. The molecule has 22 heavy (non-hydrogen) atoms. The molecule has 2 aromatic rings. The number of nitrogens with zero attached hydrogens (tertiary/aromatic N) is 4. The molecule has 3 rings (SSSR count). The lowest BCUT2D eigenvalue weighted by Gasteiger charge is -2.21. The quantitative estimate of drug-likeness (QED) is 0.863. The van der Waals surface area contributed by atoms with Gasteiger partial charge in [-0.1, -0.05) is 11.6 Å². The summed E-state index contributed by atoms with van der Waals surface area (Å²) in [6.45, 7) is 5.04. The summed E-state index contributed by atoms with van der Waals surface area (Å²) in [6.07, 6.45) is 5.97. The van der Waals surface area contributed by atoms with E-state index in [4.69, 9.17) is 16.0 Å². The fraction of sp³-hybridized carbons (Fsp3) is 0.467. The van der Waals surface area contributed by atoms with Gasteiger partial charge in [0.2, 0.25) is 0 Å². The Kier molecular flexibility index (Phi) is 4.80. The summed E-state index contributed by atoms with van der Waals surface area (Å²) in [4.78, 5) is 16.5. The van der Waals surface area contributed by atoms with Crippen LogP contribution in [0.2, 0.25) is 5.02 Å². The van der Waals surface area contributed by atoms with E-state index in [2.05, 4.69) is 10.00 Å². The maximum atomic E-state index is 12.3. The van der Waals surface area contributed by atoms with Gasteiger partial charge < -0.3 is 9.32 Å². The smallest absolute Gasteiger partial charge is 0.289 e. The van der Waals surface area contributed by atoms with E-state index in [0.29, 0.717) is 10.8 Å². The third kappa shape index (κ3) is 3.69. The summed E-state index contributed by atoms with van der Waals surface area (Å²) in [6, 6.07) is 3.46. The van der Waals surface area contributed by atoms with Crippen molar-refractivity contribution in [1.29, 1.82) is 0 Å². The zero-order valence-corrected chi connectivity index (χ0v) is 13.1. The topological polar surface area (TPSA) is 54.5 Å². The van der Waals surface area contributed by atoms with E-state index in [9.17, 15) is 4.79 Å². The first kappa shape index (κ1) is 15.1. The predicted octanol–water partition coefficient (Wildman–Crippen LogP) is 1.98. The van der Waals surface area contributed by atoms with E-state index >= 15 is 0 Å². The van der Waals surface area contributed by atoms with Crippen molar-refractivity contribution in [3.8, 4) is 0 Å². The SMILES string of the molecule is O=C(c1ccco1)N1CCCN(CCn2cc(Cl)cn2)CC1. The van der Waals surface area contributed by atoms with Gasteiger partial charge in [-0.2, -0.15) is 5.10 Å².